The van der Waals surface area contributed by atoms with Gasteiger partial charge in [-0.2, -0.15) is 0 Å². The average Bonchev–Trinajstić information content (AvgIpc) is 2.71. The summed E-state index contributed by atoms with van der Waals surface area (Å²) in [7, 11) is 0. The normalized spacial score (nSPS) is 14.6. The molecule has 0 unspecified atom stereocenters. The van der Waals surface area contributed by atoms with Gasteiger partial charge < -0.3 is 10.5 Å². The summed E-state index contributed by atoms with van der Waals surface area (Å²) in [5.74, 6) is -0.890. The lowest BCUT2D eigenvalue weighted by molar-refractivity contribution is -0.143. The number of aryl methyl sites for hydroxylation is 2. The Morgan fingerprint density at radius 2 is 2.00 bits per heavy atom. The van der Waals surface area contributed by atoms with Crippen molar-refractivity contribution in [2.75, 3.05) is 6.61 Å². The number of rotatable bonds is 11. The Hall–Kier alpha value is -2.53. The lowest BCUT2D eigenvalue weighted by Crippen LogP contribution is -2.20. The van der Waals surface area contributed by atoms with Crippen LogP contribution in [0.25, 0.3) is 11.1 Å². The number of nitrogens with two attached hydrogens (primary N) is 1. The molecule has 0 saturated heterocycles. The van der Waals surface area contributed by atoms with E-state index in [-0.39, 0.29) is 30.6 Å². The Morgan fingerprint density at radius 3 is 2.64 bits per heavy atom. The molecule has 0 amide bonds. The maximum Gasteiger partial charge on any atom is 0.307 e. The van der Waals surface area contributed by atoms with E-state index in [0.717, 1.165) is 67.2 Å². The first-order valence-corrected chi connectivity index (χ1v) is 12.0. The topological polar surface area (TPSA) is 52.3 Å². The van der Waals surface area contributed by atoms with Gasteiger partial charge in [0, 0.05) is 11.6 Å². The highest BCUT2D eigenvalue weighted by atomic mass is 19.1. The zero-order valence-electron chi connectivity index (χ0n) is 19.8. The highest BCUT2D eigenvalue weighted by molar-refractivity contribution is 5.74. The van der Waals surface area contributed by atoms with Gasteiger partial charge in [0.05, 0.1) is 13.0 Å². The molecule has 0 bridgehead atoms. The maximum absolute atomic E-state index is 15.6. The minimum Gasteiger partial charge on any atom is -0.466 e. The number of benzene rings is 2. The first-order valence-electron chi connectivity index (χ1n) is 12.0. The first-order chi connectivity index (χ1) is 15.8. The van der Waals surface area contributed by atoms with Crippen LogP contribution >= 0.6 is 0 Å². The van der Waals surface area contributed by atoms with Gasteiger partial charge in [0.1, 0.15) is 11.6 Å². The third-order valence-corrected chi connectivity index (χ3v) is 6.54. The van der Waals surface area contributed by atoms with Gasteiger partial charge in [-0.3, -0.25) is 4.79 Å². The Labute approximate surface area is 196 Å². The molecule has 1 aliphatic carbocycles. The summed E-state index contributed by atoms with van der Waals surface area (Å²) in [4.78, 5) is 12.0. The molecule has 3 nitrogen and oxygen atoms in total. The highest BCUT2D eigenvalue weighted by Gasteiger charge is 2.28. The zero-order chi connectivity index (χ0) is 24.0. The molecule has 0 radical (unpaired) electrons. The number of esters is 1. The summed E-state index contributed by atoms with van der Waals surface area (Å²) in [6.45, 7) is 7.63. The Balaban J connectivity index is 2.07. The fourth-order valence-corrected chi connectivity index (χ4v) is 4.64. The minimum atomic E-state index is -0.806. The predicted molar refractivity (Wildman–Crippen MR) is 129 cm³/mol. The first kappa shape index (κ1) is 25.1. The molecule has 2 aromatic rings. The quantitative estimate of drug-likeness (QED) is 0.224. The third-order valence-electron chi connectivity index (χ3n) is 6.54. The lowest BCUT2D eigenvalue weighted by atomic mass is 9.77. The second kappa shape index (κ2) is 11.6. The smallest absolute Gasteiger partial charge is 0.307 e. The van der Waals surface area contributed by atoms with Crippen LogP contribution in [0.4, 0.5) is 8.78 Å². The second-order valence-electron chi connectivity index (χ2n) is 9.00. The molecule has 0 heterocycles. The largest absolute Gasteiger partial charge is 0.466 e. The number of carbonyl (C=O) groups excluding carboxylic acids is 1. The molecular weight excluding hydrogens is 420 g/mol. The van der Waals surface area contributed by atoms with Gasteiger partial charge in [0.25, 0.3) is 0 Å². The number of ether oxygens (including phenoxy) is 1. The van der Waals surface area contributed by atoms with E-state index in [0.29, 0.717) is 11.1 Å². The van der Waals surface area contributed by atoms with Gasteiger partial charge in [-0.25, -0.2) is 8.78 Å². The van der Waals surface area contributed by atoms with Crippen LogP contribution in [-0.2, 0) is 16.0 Å². The van der Waals surface area contributed by atoms with Gasteiger partial charge >= 0.3 is 5.97 Å². The summed E-state index contributed by atoms with van der Waals surface area (Å²) in [5.41, 5.74) is 10.8. The molecule has 3 rings (SSSR count). The van der Waals surface area contributed by atoms with Crippen LogP contribution in [0.1, 0.15) is 86.1 Å². The Morgan fingerprint density at radius 1 is 1.24 bits per heavy atom. The molecule has 33 heavy (non-hydrogen) atoms. The van der Waals surface area contributed by atoms with Gasteiger partial charge in [-0.1, -0.05) is 12.5 Å². The molecule has 1 fully saturated rings. The third kappa shape index (κ3) is 6.08. The molecule has 0 aromatic heterocycles. The molecule has 1 saturated carbocycles. The summed E-state index contributed by atoms with van der Waals surface area (Å²) in [6, 6.07) is 5.95. The van der Waals surface area contributed by atoms with Crippen LogP contribution in [0.2, 0.25) is 0 Å². The zero-order valence-corrected chi connectivity index (χ0v) is 19.8. The average molecular weight is 456 g/mol. The summed E-state index contributed by atoms with van der Waals surface area (Å²) < 4.78 is 34.9. The molecule has 0 spiro atoms. The van der Waals surface area contributed by atoms with E-state index in [9.17, 15) is 9.18 Å². The van der Waals surface area contributed by atoms with Crippen LogP contribution in [-0.4, -0.2) is 12.6 Å². The van der Waals surface area contributed by atoms with Crippen LogP contribution < -0.4 is 5.73 Å². The van der Waals surface area contributed by atoms with E-state index in [1.165, 1.54) is 6.07 Å². The van der Waals surface area contributed by atoms with Crippen molar-refractivity contribution in [3.05, 3.63) is 70.8 Å². The highest BCUT2D eigenvalue weighted by Crippen LogP contribution is 2.42. The van der Waals surface area contributed by atoms with Crippen molar-refractivity contribution in [1.29, 1.82) is 0 Å². The number of carbonyl (C=O) groups is 1. The molecule has 5 heteroatoms. The lowest BCUT2D eigenvalue weighted by Gasteiger charge is -2.29. The maximum atomic E-state index is 15.6. The standard InChI is InChI=1S/C28H35F2NO2/c1-4-6-7-8-10-20-14-22(29)13-18(3)27(20)21-15-23(19-11-9-12-19)28(30)24(16-21)25(31)17-26(32)33-5-2/h4,13-16,19,25H,1,5-12,17,31H2,2-3H3/t25-/m0/s1. The van der Waals surface area contributed by atoms with Gasteiger partial charge in [-0.15, -0.1) is 6.58 Å². The minimum absolute atomic E-state index is 0.0882. The molecule has 2 N–H and O–H groups in total. The summed E-state index contributed by atoms with van der Waals surface area (Å²) in [5, 5.41) is 0. The van der Waals surface area contributed by atoms with Crippen molar-refractivity contribution in [3.63, 3.8) is 0 Å². The monoisotopic (exact) mass is 455 g/mol. The van der Waals surface area contributed by atoms with Crippen molar-refractivity contribution in [2.24, 2.45) is 5.73 Å². The summed E-state index contributed by atoms with van der Waals surface area (Å²) >= 11 is 0. The molecule has 1 atom stereocenters. The van der Waals surface area contributed by atoms with Gasteiger partial charge in [-0.05, 0) is 110 Å². The van der Waals surface area contributed by atoms with E-state index in [4.69, 9.17) is 10.5 Å². The molecular formula is C28H35F2NO2. The molecule has 0 aliphatic heterocycles. The van der Waals surface area contributed by atoms with Gasteiger partial charge in [0.15, 0.2) is 0 Å². The van der Waals surface area contributed by atoms with E-state index >= 15 is 4.39 Å². The van der Waals surface area contributed by atoms with Crippen LogP contribution in [0.15, 0.2) is 36.9 Å². The fraction of sp³-hybridized carbons (Fsp3) is 0.464. The fourth-order valence-electron chi connectivity index (χ4n) is 4.64. The predicted octanol–water partition coefficient (Wildman–Crippen LogP) is 7.06. The van der Waals surface area contributed by atoms with E-state index in [1.807, 2.05) is 19.1 Å². The van der Waals surface area contributed by atoms with Crippen molar-refractivity contribution >= 4 is 5.97 Å². The number of hydrogen-bond acceptors (Lipinski definition) is 3. The number of allylic oxidation sites excluding steroid dienone is 1. The van der Waals surface area contributed by atoms with Crippen LogP contribution in [0, 0.1) is 18.6 Å². The van der Waals surface area contributed by atoms with E-state index in [2.05, 4.69) is 6.58 Å². The molecule has 2 aromatic carbocycles. The van der Waals surface area contributed by atoms with Crippen LogP contribution in [0.5, 0.6) is 0 Å². The summed E-state index contributed by atoms with van der Waals surface area (Å²) in [6.07, 6.45) is 8.27. The van der Waals surface area contributed by atoms with Gasteiger partial charge in [0.2, 0.25) is 0 Å². The van der Waals surface area contributed by atoms with Crippen molar-refractivity contribution in [1.82, 2.24) is 0 Å². The Bertz CT molecular complexity index is 998. The number of unbranched alkanes of at least 4 members (excludes halogenated alkanes) is 2. The van der Waals surface area contributed by atoms with Crippen LogP contribution in [0.3, 0.4) is 0 Å². The van der Waals surface area contributed by atoms with Crippen molar-refractivity contribution in [3.8, 4) is 11.1 Å². The number of hydrogen-bond donors (Lipinski definition) is 1. The Kier molecular flexibility index (Phi) is 8.79. The second-order valence-corrected chi connectivity index (χ2v) is 9.00. The number of halogens is 2. The molecule has 178 valence electrons. The van der Waals surface area contributed by atoms with Crippen molar-refractivity contribution < 1.29 is 18.3 Å². The van der Waals surface area contributed by atoms with Crippen molar-refractivity contribution in [2.45, 2.75) is 77.2 Å². The van der Waals surface area contributed by atoms with E-state index < -0.39 is 12.0 Å². The molecule has 1 aliphatic rings. The van der Waals surface area contributed by atoms with E-state index in [1.54, 1.807) is 19.1 Å². The SMILES string of the molecule is C=CCCCCc1cc(F)cc(C)c1-c1cc(C2CCC2)c(F)c([C@@H](N)CC(=O)OCC)c1.